The molecule has 1 atom stereocenters. The summed E-state index contributed by atoms with van der Waals surface area (Å²) in [5, 5.41) is 0. The van der Waals surface area contributed by atoms with Crippen molar-refractivity contribution >= 4 is 17.9 Å². The van der Waals surface area contributed by atoms with Gasteiger partial charge in [0.05, 0.1) is 0 Å². The highest BCUT2D eigenvalue weighted by Gasteiger charge is 2.19. The second-order valence-electron chi connectivity index (χ2n) is 19.9. The van der Waals surface area contributed by atoms with Crippen molar-refractivity contribution < 1.29 is 28.6 Å². The first-order valence-electron chi connectivity index (χ1n) is 30.2. The van der Waals surface area contributed by atoms with Crippen molar-refractivity contribution in [2.45, 2.75) is 290 Å². The van der Waals surface area contributed by atoms with Crippen molar-refractivity contribution in [3.63, 3.8) is 0 Å². The van der Waals surface area contributed by atoms with E-state index in [0.29, 0.717) is 19.3 Å². The van der Waals surface area contributed by atoms with Crippen LogP contribution in [0.15, 0.2) is 97.2 Å². The topological polar surface area (TPSA) is 78.9 Å². The van der Waals surface area contributed by atoms with Crippen LogP contribution >= 0.6 is 0 Å². The van der Waals surface area contributed by atoms with Gasteiger partial charge < -0.3 is 14.2 Å². The van der Waals surface area contributed by atoms with E-state index in [1.807, 2.05) is 0 Å². The highest BCUT2D eigenvalue weighted by atomic mass is 16.6. The first kappa shape index (κ1) is 68.3. The van der Waals surface area contributed by atoms with Gasteiger partial charge in [-0.15, -0.1) is 0 Å². The monoisotopic (exact) mass is 1000 g/mol. The van der Waals surface area contributed by atoms with E-state index in [1.165, 1.54) is 122 Å². The lowest BCUT2D eigenvalue weighted by molar-refractivity contribution is -0.167. The zero-order valence-corrected chi connectivity index (χ0v) is 47.2. The Hall–Kier alpha value is -3.67. The average molecular weight is 1000 g/mol. The third-order valence-corrected chi connectivity index (χ3v) is 12.8. The summed E-state index contributed by atoms with van der Waals surface area (Å²) in [7, 11) is 0. The van der Waals surface area contributed by atoms with Gasteiger partial charge in [-0.25, -0.2) is 0 Å². The molecule has 0 aromatic carbocycles. The number of rotatable bonds is 54. The number of allylic oxidation sites excluding steroid dienone is 16. The van der Waals surface area contributed by atoms with E-state index >= 15 is 0 Å². The van der Waals surface area contributed by atoms with Crippen LogP contribution < -0.4 is 0 Å². The maximum absolute atomic E-state index is 12.9. The zero-order chi connectivity index (χ0) is 52.2. The zero-order valence-electron chi connectivity index (χ0n) is 47.2. The summed E-state index contributed by atoms with van der Waals surface area (Å²) in [5.41, 5.74) is 0. The quantitative estimate of drug-likeness (QED) is 0.0261. The fraction of sp³-hybridized carbons (Fsp3) is 0.712. The summed E-state index contributed by atoms with van der Waals surface area (Å²) in [6.45, 7) is 6.49. The Morgan fingerprint density at radius 2 is 0.542 bits per heavy atom. The molecule has 0 heterocycles. The van der Waals surface area contributed by atoms with Gasteiger partial charge in [-0.05, 0) is 103 Å². The minimum atomic E-state index is -0.793. The van der Waals surface area contributed by atoms with Crippen molar-refractivity contribution in [1.82, 2.24) is 0 Å². The summed E-state index contributed by atoms with van der Waals surface area (Å²) in [5.74, 6) is -0.914. The molecule has 0 aromatic heterocycles. The standard InChI is InChI=1S/C66H112O6/c1-4-7-10-13-16-19-22-25-28-30-31-32-33-34-35-37-38-41-44-47-50-53-56-59-65(68)71-62-63(61-70-64(67)58-55-52-49-46-43-40-27-24-21-18-15-12-9-6-3)72-66(69)60-57-54-51-48-45-42-39-36-29-26-23-20-17-14-11-8-5-2/h7,10,16-17,19-20,25-26,28-29,31-32,34-35,38,41,63H,4-6,8-9,11-15,18,21-24,27,30,33,36-37,39-40,42-62H2,1-3H3/b10-7-,19-16-,20-17-,28-25-,29-26-,32-31-,35-34-,41-38-. The predicted octanol–water partition coefficient (Wildman–Crippen LogP) is 20.5. The molecule has 0 aliphatic heterocycles. The van der Waals surface area contributed by atoms with Gasteiger partial charge in [-0.1, -0.05) is 259 Å². The van der Waals surface area contributed by atoms with E-state index < -0.39 is 6.10 Å². The Bertz CT molecular complexity index is 1430. The molecule has 0 N–H and O–H groups in total. The minimum absolute atomic E-state index is 0.0873. The summed E-state index contributed by atoms with van der Waals surface area (Å²) in [4.78, 5) is 38.2. The molecule has 0 rings (SSSR count). The maximum atomic E-state index is 12.9. The second-order valence-corrected chi connectivity index (χ2v) is 19.9. The fourth-order valence-corrected chi connectivity index (χ4v) is 8.30. The van der Waals surface area contributed by atoms with E-state index in [1.54, 1.807) is 0 Å². The molecule has 1 unspecified atom stereocenters. The molecule has 0 saturated heterocycles. The molecule has 6 heteroatoms. The Morgan fingerprint density at radius 1 is 0.292 bits per heavy atom. The van der Waals surface area contributed by atoms with E-state index in [2.05, 4.69) is 118 Å². The van der Waals surface area contributed by atoms with Crippen LogP contribution in [0, 0.1) is 0 Å². The van der Waals surface area contributed by atoms with Gasteiger partial charge in [0.25, 0.3) is 0 Å². The smallest absolute Gasteiger partial charge is 0.306 e. The second kappa shape index (κ2) is 59.9. The molecule has 412 valence electrons. The third kappa shape index (κ3) is 57.2. The summed E-state index contributed by atoms with van der Waals surface area (Å²) in [6, 6.07) is 0. The Kier molecular flexibility index (Phi) is 56.8. The van der Waals surface area contributed by atoms with Crippen molar-refractivity contribution in [1.29, 1.82) is 0 Å². The van der Waals surface area contributed by atoms with Crippen molar-refractivity contribution in [3.05, 3.63) is 97.2 Å². The molecule has 0 amide bonds. The lowest BCUT2D eigenvalue weighted by atomic mass is 10.0. The van der Waals surface area contributed by atoms with Gasteiger partial charge in [-0.2, -0.15) is 0 Å². The number of carbonyl (C=O) groups is 3. The molecule has 0 bridgehead atoms. The maximum Gasteiger partial charge on any atom is 0.306 e. The number of hydrogen-bond donors (Lipinski definition) is 0. The van der Waals surface area contributed by atoms with Crippen LogP contribution in [0.1, 0.15) is 284 Å². The largest absolute Gasteiger partial charge is 0.462 e. The SMILES string of the molecule is CC/C=C\C/C=C\C/C=C\C/C=C\C/C=C\C/C=C\CCCCCCC(=O)OCC(COC(=O)CCCCCCCCCCCCCCCC)OC(=O)CCCCCCCCC/C=C\C/C=C\CCCCC. The summed E-state index contributed by atoms with van der Waals surface area (Å²) in [6.07, 6.45) is 79.6. The molecule has 6 nitrogen and oxygen atoms in total. The molecule has 0 aliphatic rings. The molecule has 0 fully saturated rings. The van der Waals surface area contributed by atoms with E-state index in [9.17, 15) is 14.4 Å². The van der Waals surface area contributed by atoms with Gasteiger partial charge in [0.1, 0.15) is 13.2 Å². The lowest BCUT2D eigenvalue weighted by Crippen LogP contribution is -2.30. The van der Waals surface area contributed by atoms with Gasteiger partial charge in [0.2, 0.25) is 0 Å². The number of carbonyl (C=O) groups excluding carboxylic acids is 3. The molecule has 0 radical (unpaired) electrons. The van der Waals surface area contributed by atoms with E-state index in [-0.39, 0.29) is 31.1 Å². The van der Waals surface area contributed by atoms with Crippen LogP contribution in [0.4, 0.5) is 0 Å². The molecule has 72 heavy (non-hydrogen) atoms. The molecular weight excluding hydrogens is 889 g/mol. The Morgan fingerprint density at radius 3 is 0.875 bits per heavy atom. The first-order valence-corrected chi connectivity index (χ1v) is 30.2. The molecule has 0 spiro atoms. The fourth-order valence-electron chi connectivity index (χ4n) is 8.30. The van der Waals surface area contributed by atoms with Crippen LogP contribution in [-0.4, -0.2) is 37.2 Å². The van der Waals surface area contributed by atoms with Crippen molar-refractivity contribution in [2.24, 2.45) is 0 Å². The van der Waals surface area contributed by atoms with Gasteiger partial charge in [0, 0.05) is 19.3 Å². The third-order valence-electron chi connectivity index (χ3n) is 12.8. The van der Waals surface area contributed by atoms with Crippen molar-refractivity contribution in [2.75, 3.05) is 13.2 Å². The number of hydrogen-bond acceptors (Lipinski definition) is 6. The van der Waals surface area contributed by atoms with Crippen LogP contribution in [0.5, 0.6) is 0 Å². The minimum Gasteiger partial charge on any atom is -0.462 e. The highest BCUT2D eigenvalue weighted by Crippen LogP contribution is 2.15. The summed E-state index contributed by atoms with van der Waals surface area (Å²) < 4.78 is 16.9. The molecule has 0 aromatic rings. The van der Waals surface area contributed by atoms with Crippen molar-refractivity contribution in [3.8, 4) is 0 Å². The molecule has 0 saturated carbocycles. The van der Waals surface area contributed by atoms with E-state index in [4.69, 9.17) is 14.2 Å². The van der Waals surface area contributed by atoms with Crippen LogP contribution in [0.25, 0.3) is 0 Å². The van der Waals surface area contributed by atoms with Gasteiger partial charge >= 0.3 is 17.9 Å². The van der Waals surface area contributed by atoms with Gasteiger partial charge in [-0.3, -0.25) is 14.4 Å². The molecular formula is C66H112O6. The van der Waals surface area contributed by atoms with Crippen LogP contribution in [0.3, 0.4) is 0 Å². The average Bonchev–Trinajstić information content (AvgIpc) is 3.38. The first-order chi connectivity index (χ1) is 35.5. The van der Waals surface area contributed by atoms with Crippen LogP contribution in [-0.2, 0) is 28.6 Å². The number of unbranched alkanes of at least 4 members (excludes halogenated alkanes) is 27. The number of esters is 3. The van der Waals surface area contributed by atoms with E-state index in [0.717, 1.165) is 122 Å². The Labute approximate surface area is 445 Å². The Balaban J connectivity index is 4.43. The normalized spacial score (nSPS) is 12.8. The summed E-state index contributed by atoms with van der Waals surface area (Å²) >= 11 is 0. The highest BCUT2D eigenvalue weighted by molar-refractivity contribution is 5.71. The molecule has 0 aliphatic carbocycles. The number of ether oxygens (including phenoxy) is 3. The lowest BCUT2D eigenvalue weighted by Gasteiger charge is -2.18. The van der Waals surface area contributed by atoms with Gasteiger partial charge in [0.15, 0.2) is 6.10 Å². The predicted molar refractivity (Wildman–Crippen MR) is 311 cm³/mol. The van der Waals surface area contributed by atoms with Crippen LogP contribution in [0.2, 0.25) is 0 Å².